The van der Waals surface area contributed by atoms with Crippen molar-refractivity contribution in [2.24, 2.45) is 0 Å². The van der Waals surface area contributed by atoms with Gasteiger partial charge in [0.25, 0.3) is 5.56 Å². The van der Waals surface area contributed by atoms with Gasteiger partial charge >= 0.3 is 6.18 Å². The molecule has 0 atom stereocenters. The zero-order valence-corrected chi connectivity index (χ0v) is 19.2. The number of hydrogen-bond acceptors (Lipinski definition) is 4. The van der Waals surface area contributed by atoms with E-state index < -0.39 is 23.2 Å². The van der Waals surface area contributed by atoms with Crippen molar-refractivity contribution < 1.29 is 23.1 Å². The van der Waals surface area contributed by atoms with E-state index in [-0.39, 0.29) is 43.1 Å². The molecule has 1 aromatic heterocycles. The maximum atomic E-state index is 13.1. The lowest BCUT2D eigenvalue weighted by molar-refractivity contribution is -0.137. The Bertz CT molecular complexity index is 1250. The van der Waals surface area contributed by atoms with Gasteiger partial charge in [-0.25, -0.2) is 4.98 Å². The Hall–Kier alpha value is -3.46. The number of aliphatic hydroxyl groups excluding tert-OH is 1. The zero-order chi connectivity index (χ0) is 25.0. The van der Waals surface area contributed by atoms with Crippen molar-refractivity contribution in [1.29, 1.82) is 0 Å². The Balaban J connectivity index is 1.93. The van der Waals surface area contributed by atoms with Gasteiger partial charge in [-0.3, -0.25) is 14.2 Å². The summed E-state index contributed by atoms with van der Waals surface area (Å²) in [6.07, 6.45) is -4.45. The van der Waals surface area contributed by atoms with Crippen molar-refractivity contribution in [2.75, 3.05) is 6.61 Å². The topological polar surface area (TPSA) is 84.2 Å². The number of amides is 1. The van der Waals surface area contributed by atoms with Gasteiger partial charge in [0.05, 0.1) is 5.56 Å². The fourth-order valence-corrected chi connectivity index (χ4v) is 3.59. The Morgan fingerprint density at radius 1 is 1.06 bits per heavy atom. The molecular weight excluding hydrogens is 447 g/mol. The predicted molar refractivity (Wildman–Crippen MR) is 122 cm³/mol. The smallest absolute Gasteiger partial charge is 0.396 e. The van der Waals surface area contributed by atoms with Gasteiger partial charge in [0, 0.05) is 36.4 Å². The molecule has 180 valence electrons. The van der Waals surface area contributed by atoms with Gasteiger partial charge in [-0.05, 0) is 49.6 Å². The highest BCUT2D eigenvalue weighted by Crippen LogP contribution is 2.30. The van der Waals surface area contributed by atoms with E-state index in [1.54, 1.807) is 6.92 Å². The number of nitrogens with one attached hydrogen (secondary N) is 1. The highest BCUT2D eigenvalue weighted by molar-refractivity contribution is 5.76. The number of alkyl halides is 3. The fourth-order valence-electron chi connectivity index (χ4n) is 3.59. The summed E-state index contributed by atoms with van der Waals surface area (Å²) in [6.45, 7) is 5.15. The third kappa shape index (κ3) is 5.72. The van der Waals surface area contributed by atoms with Crippen LogP contribution >= 0.6 is 0 Å². The monoisotopic (exact) mass is 473 g/mol. The summed E-state index contributed by atoms with van der Waals surface area (Å²) < 4.78 is 40.0. The average Bonchev–Trinajstić information content (AvgIpc) is 2.78. The number of rotatable bonds is 7. The number of benzene rings is 2. The van der Waals surface area contributed by atoms with E-state index in [0.29, 0.717) is 5.69 Å². The summed E-state index contributed by atoms with van der Waals surface area (Å²) >= 11 is 0. The standard InChI is InChI=1S/C25H26F3N3O3/c1-15-4-5-18(12-16(15)2)13-29-22(33)14-31-23(30-17(3)21(10-11-32)24(31)34)19-6-8-20(9-7-19)25(26,27)28/h4-9,12,32H,10-11,13-14H2,1-3H3,(H,29,33). The van der Waals surface area contributed by atoms with Gasteiger partial charge in [-0.1, -0.05) is 30.3 Å². The van der Waals surface area contributed by atoms with Crippen LogP contribution in [0.3, 0.4) is 0 Å². The number of aromatic nitrogens is 2. The third-order valence-corrected chi connectivity index (χ3v) is 5.66. The number of carbonyl (C=O) groups excluding carboxylic acids is 1. The van der Waals surface area contributed by atoms with Gasteiger partial charge in [0.1, 0.15) is 12.4 Å². The second-order valence-corrected chi connectivity index (χ2v) is 8.13. The van der Waals surface area contributed by atoms with E-state index in [2.05, 4.69) is 10.3 Å². The minimum atomic E-state index is -4.50. The maximum Gasteiger partial charge on any atom is 0.416 e. The summed E-state index contributed by atoms with van der Waals surface area (Å²) in [6, 6.07) is 10.1. The van der Waals surface area contributed by atoms with E-state index in [4.69, 9.17) is 0 Å². The van der Waals surface area contributed by atoms with E-state index in [9.17, 15) is 27.9 Å². The molecule has 0 saturated carbocycles. The summed E-state index contributed by atoms with van der Waals surface area (Å²) in [4.78, 5) is 30.3. The molecule has 0 aliphatic carbocycles. The first-order valence-electron chi connectivity index (χ1n) is 10.7. The van der Waals surface area contributed by atoms with Crippen LogP contribution in [-0.4, -0.2) is 27.2 Å². The molecule has 0 spiro atoms. The molecule has 0 bridgehead atoms. The lowest BCUT2D eigenvalue weighted by Crippen LogP contribution is -2.35. The van der Waals surface area contributed by atoms with Crippen molar-refractivity contribution in [3.05, 3.63) is 86.3 Å². The Morgan fingerprint density at radius 3 is 2.32 bits per heavy atom. The van der Waals surface area contributed by atoms with E-state index in [1.807, 2.05) is 32.0 Å². The number of aliphatic hydroxyl groups is 1. The van der Waals surface area contributed by atoms with Crippen molar-refractivity contribution in [1.82, 2.24) is 14.9 Å². The van der Waals surface area contributed by atoms with Crippen molar-refractivity contribution in [3.63, 3.8) is 0 Å². The van der Waals surface area contributed by atoms with Crippen LogP contribution in [0.5, 0.6) is 0 Å². The van der Waals surface area contributed by atoms with Crippen LogP contribution in [0.4, 0.5) is 13.2 Å². The van der Waals surface area contributed by atoms with Gasteiger partial charge in [0.2, 0.25) is 5.91 Å². The predicted octanol–water partition coefficient (Wildman–Crippen LogP) is 3.71. The van der Waals surface area contributed by atoms with E-state index in [0.717, 1.165) is 33.4 Å². The quantitative estimate of drug-likeness (QED) is 0.548. The molecular formula is C25H26F3N3O3. The molecule has 0 saturated heterocycles. The van der Waals surface area contributed by atoms with Crippen molar-refractivity contribution in [2.45, 2.75) is 46.5 Å². The summed E-state index contributed by atoms with van der Waals surface area (Å²) in [5.74, 6) is -0.367. The van der Waals surface area contributed by atoms with Gasteiger partial charge in [-0.15, -0.1) is 0 Å². The molecule has 6 nitrogen and oxygen atoms in total. The number of aryl methyl sites for hydroxylation is 3. The molecule has 34 heavy (non-hydrogen) atoms. The van der Waals surface area contributed by atoms with Crippen LogP contribution in [0.1, 0.15) is 33.5 Å². The average molecular weight is 473 g/mol. The lowest BCUT2D eigenvalue weighted by atomic mass is 10.1. The molecule has 1 amide bonds. The SMILES string of the molecule is Cc1ccc(CNC(=O)Cn2c(-c3ccc(C(F)(F)F)cc3)nc(C)c(CCO)c2=O)cc1C. The van der Waals surface area contributed by atoms with E-state index in [1.165, 1.54) is 12.1 Å². The number of hydrogen-bond donors (Lipinski definition) is 2. The molecule has 1 heterocycles. The minimum absolute atomic E-state index is 0.0508. The van der Waals surface area contributed by atoms with Crippen molar-refractivity contribution >= 4 is 5.91 Å². The number of halogens is 3. The molecule has 0 unspecified atom stereocenters. The van der Waals surface area contributed by atoms with Crippen LogP contribution in [0.2, 0.25) is 0 Å². The summed E-state index contributed by atoms with van der Waals surface area (Å²) in [5, 5.41) is 12.1. The normalized spacial score (nSPS) is 11.5. The molecule has 9 heteroatoms. The molecule has 0 aliphatic rings. The van der Waals surface area contributed by atoms with Crippen LogP contribution in [0.25, 0.3) is 11.4 Å². The van der Waals surface area contributed by atoms with Crippen LogP contribution < -0.4 is 10.9 Å². The lowest BCUT2D eigenvalue weighted by Gasteiger charge is -2.16. The highest BCUT2D eigenvalue weighted by Gasteiger charge is 2.30. The summed E-state index contributed by atoms with van der Waals surface area (Å²) in [7, 11) is 0. The molecule has 0 radical (unpaired) electrons. The molecule has 2 N–H and O–H groups in total. The van der Waals surface area contributed by atoms with Gasteiger partial charge < -0.3 is 10.4 Å². The fraction of sp³-hybridized carbons (Fsp3) is 0.320. The first kappa shape index (κ1) is 25.2. The zero-order valence-electron chi connectivity index (χ0n) is 19.2. The van der Waals surface area contributed by atoms with E-state index >= 15 is 0 Å². The first-order valence-corrected chi connectivity index (χ1v) is 10.7. The third-order valence-electron chi connectivity index (χ3n) is 5.66. The first-order chi connectivity index (χ1) is 16.0. The number of carbonyl (C=O) groups is 1. The largest absolute Gasteiger partial charge is 0.416 e. The second-order valence-electron chi connectivity index (χ2n) is 8.13. The molecule has 0 fully saturated rings. The Morgan fingerprint density at radius 2 is 1.74 bits per heavy atom. The Kier molecular flexibility index (Phi) is 7.56. The Labute approximate surface area is 195 Å². The highest BCUT2D eigenvalue weighted by atomic mass is 19.4. The molecule has 3 aromatic rings. The summed E-state index contributed by atoms with van der Waals surface area (Å²) in [5.41, 5.74) is 2.64. The number of nitrogens with zero attached hydrogens (tertiary/aromatic N) is 2. The van der Waals surface area contributed by atoms with Crippen LogP contribution in [0, 0.1) is 20.8 Å². The molecule has 2 aromatic carbocycles. The van der Waals surface area contributed by atoms with Gasteiger partial charge in [-0.2, -0.15) is 13.2 Å². The molecule has 0 aliphatic heterocycles. The van der Waals surface area contributed by atoms with Crippen molar-refractivity contribution in [3.8, 4) is 11.4 Å². The molecule has 3 rings (SSSR count). The minimum Gasteiger partial charge on any atom is -0.396 e. The maximum absolute atomic E-state index is 13.1. The second kappa shape index (κ2) is 10.2. The van der Waals surface area contributed by atoms with Crippen LogP contribution in [-0.2, 0) is 30.5 Å². The van der Waals surface area contributed by atoms with Crippen LogP contribution in [0.15, 0.2) is 47.3 Å². The van der Waals surface area contributed by atoms with Gasteiger partial charge in [0.15, 0.2) is 0 Å².